The van der Waals surface area contributed by atoms with Gasteiger partial charge in [-0.2, -0.15) is 5.26 Å². The van der Waals surface area contributed by atoms with Gasteiger partial charge in [-0.3, -0.25) is 14.5 Å². The molecule has 2 aliphatic rings. The van der Waals surface area contributed by atoms with Gasteiger partial charge in [0.2, 0.25) is 11.0 Å². The highest BCUT2D eigenvalue weighted by Gasteiger charge is 2.41. The number of thiazole rings is 1. The van der Waals surface area contributed by atoms with Crippen LogP contribution in [-0.2, 0) is 9.59 Å². The minimum Gasteiger partial charge on any atom is -0.384 e. The molecule has 1 aliphatic carbocycles. The van der Waals surface area contributed by atoms with Crippen LogP contribution in [0.2, 0.25) is 0 Å². The van der Waals surface area contributed by atoms with Gasteiger partial charge < -0.3 is 11.1 Å². The molecule has 0 aromatic carbocycles. The molecule has 5 rings (SSSR count). The number of nitrogens with zero attached hydrogens (tertiary/aromatic N) is 5. The number of hydrogen-bond acceptors (Lipinski definition) is 12. The van der Waals surface area contributed by atoms with E-state index in [9.17, 15) is 14.9 Å². The Morgan fingerprint density at radius 1 is 1.32 bits per heavy atom. The van der Waals surface area contributed by atoms with Crippen molar-refractivity contribution in [2.24, 2.45) is 5.73 Å². The SMILES string of the molecule is N#CC1=C(N)N(c2nnc(SCC(=O)Nc3nccs3)s2)C2=C(C(=O)CCC2)C1c1cccs1. The van der Waals surface area contributed by atoms with Gasteiger partial charge in [-0.1, -0.05) is 29.2 Å². The molecule has 3 aromatic rings. The predicted octanol–water partition coefficient (Wildman–Crippen LogP) is 4.09. The van der Waals surface area contributed by atoms with E-state index in [0.717, 1.165) is 10.6 Å². The molecule has 1 aliphatic heterocycles. The zero-order valence-corrected chi connectivity index (χ0v) is 20.8. The van der Waals surface area contributed by atoms with Gasteiger partial charge in [0.1, 0.15) is 5.82 Å². The maximum atomic E-state index is 13.1. The minimum atomic E-state index is -0.458. The van der Waals surface area contributed by atoms with E-state index in [2.05, 4.69) is 26.6 Å². The second kappa shape index (κ2) is 9.67. The highest BCUT2D eigenvalue weighted by Crippen LogP contribution is 2.47. The van der Waals surface area contributed by atoms with E-state index in [1.807, 2.05) is 17.5 Å². The number of hydrogen-bond donors (Lipinski definition) is 2. The zero-order valence-electron chi connectivity index (χ0n) is 17.6. The van der Waals surface area contributed by atoms with E-state index >= 15 is 0 Å². The number of Topliss-reactive ketones (excluding diaryl/α,β-unsaturated/α-hetero) is 1. The minimum absolute atomic E-state index is 0.0304. The Morgan fingerprint density at radius 2 is 2.21 bits per heavy atom. The van der Waals surface area contributed by atoms with Crippen LogP contribution >= 0.6 is 45.8 Å². The van der Waals surface area contributed by atoms with E-state index in [0.29, 0.717) is 45.0 Å². The lowest BCUT2D eigenvalue weighted by atomic mass is 9.78. The van der Waals surface area contributed by atoms with Crippen LogP contribution in [0.3, 0.4) is 0 Å². The summed E-state index contributed by atoms with van der Waals surface area (Å²) in [5.74, 6) is -0.204. The number of nitrogens with two attached hydrogens (primary N) is 1. The summed E-state index contributed by atoms with van der Waals surface area (Å²) in [6.07, 6.45) is 3.43. The highest BCUT2D eigenvalue weighted by atomic mass is 32.2. The van der Waals surface area contributed by atoms with E-state index in [-0.39, 0.29) is 23.3 Å². The summed E-state index contributed by atoms with van der Waals surface area (Å²) in [5.41, 5.74) is 8.26. The van der Waals surface area contributed by atoms with Crippen LogP contribution in [0, 0.1) is 11.3 Å². The first-order valence-electron chi connectivity index (χ1n) is 10.2. The molecule has 0 bridgehead atoms. The van der Waals surface area contributed by atoms with Gasteiger partial charge in [0.25, 0.3) is 0 Å². The Bertz CT molecular complexity index is 1340. The molecule has 0 saturated carbocycles. The number of aromatic nitrogens is 3. The van der Waals surface area contributed by atoms with Gasteiger partial charge in [0.15, 0.2) is 15.3 Å². The third-order valence-corrected chi connectivity index (χ3v) is 9.00. The summed E-state index contributed by atoms with van der Waals surface area (Å²) in [4.78, 5) is 31.9. The quantitative estimate of drug-likeness (QED) is 0.454. The molecule has 9 nitrogen and oxygen atoms in total. The standard InChI is InChI=1S/C21H17N7O2S4/c22-9-11-16(14-5-2-7-31-14)17-12(3-1-4-13(17)29)28(18(11)23)20-26-27-21(34-20)33-10-15(30)25-19-24-6-8-32-19/h2,5-8,16H,1,3-4,10,23H2,(H,24,25,30). The van der Waals surface area contributed by atoms with Crippen molar-refractivity contribution >= 4 is 67.7 Å². The summed E-state index contributed by atoms with van der Waals surface area (Å²) in [6, 6.07) is 6.08. The number of rotatable bonds is 6. The number of anilines is 2. The fourth-order valence-electron chi connectivity index (χ4n) is 3.96. The molecular formula is C21H17N7O2S4. The molecule has 0 radical (unpaired) electrons. The first-order chi connectivity index (χ1) is 16.6. The lowest BCUT2D eigenvalue weighted by molar-refractivity contribution is -0.116. The van der Waals surface area contributed by atoms with E-state index < -0.39 is 5.92 Å². The van der Waals surface area contributed by atoms with Gasteiger partial charge >= 0.3 is 0 Å². The van der Waals surface area contributed by atoms with E-state index in [1.54, 1.807) is 16.5 Å². The van der Waals surface area contributed by atoms with Crippen LogP contribution in [0.25, 0.3) is 0 Å². The van der Waals surface area contributed by atoms with E-state index in [1.165, 1.54) is 45.8 Å². The first kappa shape index (κ1) is 22.7. The molecule has 172 valence electrons. The van der Waals surface area contributed by atoms with Crippen molar-refractivity contribution in [3.8, 4) is 6.07 Å². The molecule has 1 amide bonds. The van der Waals surface area contributed by atoms with Crippen molar-refractivity contribution in [1.82, 2.24) is 15.2 Å². The topological polar surface area (TPSA) is 138 Å². The Morgan fingerprint density at radius 3 is 2.94 bits per heavy atom. The Labute approximate surface area is 211 Å². The van der Waals surface area contributed by atoms with Gasteiger partial charge in [-0.25, -0.2) is 4.98 Å². The lowest BCUT2D eigenvalue weighted by Gasteiger charge is -2.37. The number of allylic oxidation sites excluding steroid dienone is 3. The largest absolute Gasteiger partial charge is 0.384 e. The van der Waals surface area contributed by atoms with Crippen molar-refractivity contribution in [3.63, 3.8) is 0 Å². The summed E-state index contributed by atoms with van der Waals surface area (Å²) in [5, 5.41) is 25.9. The number of amides is 1. The Kier molecular flexibility index (Phi) is 6.46. The molecule has 3 aromatic heterocycles. The summed E-state index contributed by atoms with van der Waals surface area (Å²) in [6.45, 7) is 0. The maximum Gasteiger partial charge on any atom is 0.236 e. The van der Waals surface area contributed by atoms with Crippen LogP contribution in [0.4, 0.5) is 10.3 Å². The molecule has 0 spiro atoms. The fraction of sp³-hybridized carbons (Fsp3) is 0.238. The number of thiophene rings is 1. The highest BCUT2D eigenvalue weighted by molar-refractivity contribution is 8.01. The lowest BCUT2D eigenvalue weighted by Crippen LogP contribution is -2.38. The van der Waals surface area contributed by atoms with Gasteiger partial charge in [-0.15, -0.1) is 32.9 Å². The molecule has 1 unspecified atom stereocenters. The predicted molar refractivity (Wildman–Crippen MR) is 134 cm³/mol. The van der Waals surface area contributed by atoms with Crippen molar-refractivity contribution in [1.29, 1.82) is 5.26 Å². The molecular weight excluding hydrogens is 511 g/mol. The Balaban J connectivity index is 1.43. The number of carbonyl (C=O) groups is 2. The van der Waals surface area contributed by atoms with Crippen molar-refractivity contribution in [2.75, 3.05) is 16.0 Å². The van der Waals surface area contributed by atoms with E-state index in [4.69, 9.17) is 5.73 Å². The zero-order chi connectivity index (χ0) is 23.7. The summed E-state index contributed by atoms with van der Waals surface area (Å²) in [7, 11) is 0. The third-order valence-electron chi connectivity index (χ3n) is 5.33. The molecule has 13 heteroatoms. The van der Waals surface area contributed by atoms with Crippen LogP contribution < -0.4 is 16.0 Å². The van der Waals surface area contributed by atoms with Crippen molar-refractivity contribution in [3.05, 3.63) is 56.6 Å². The molecule has 4 heterocycles. The van der Waals surface area contributed by atoms with Crippen LogP contribution in [-0.4, -0.2) is 32.6 Å². The number of nitriles is 1. The molecule has 1 atom stereocenters. The number of ketones is 1. The van der Waals surface area contributed by atoms with Crippen LogP contribution in [0.1, 0.15) is 30.1 Å². The smallest absolute Gasteiger partial charge is 0.236 e. The first-order valence-corrected chi connectivity index (χ1v) is 13.8. The monoisotopic (exact) mass is 527 g/mol. The molecule has 3 N–H and O–H groups in total. The van der Waals surface area contributed by atoms with Gasteiger partial charge in [-0.05, 0) is 24.3 Å². The number of carbonyl (C=O) groups excluding carboxylic acids is 2. The second-order valence-electron chi connectivity index (χ2n) is 7.36. The maximum absolute atomic E-state index is 13.1. The normalized spacial score (nSPS) is 18.1. The van der Waals surface area contributed by atoms with Crippen LogP contribution in [0.5, 0.6) is 0 Å². The van der Waals surface area contributed by atoms with Gasteiger partial charge in [0, 0.05) is 34.1 Å². The third kappa shape index (κ3) is 4.25. The van der Waals surface area contributed by atoms with Crippen molar-refractivity contribution < 1.29 is 9.59 Å². The average molecular weight is 528 g/mol. The second-order valence-corrected chi connectivity index (χ2v) is 11.4. The summed E-state index contributed by atoms with van der Waals surface area (Å²) < 4.78 is 0.584. The van der Waals surface area contributed by atoms with Crippen molar-refractivity contribution in [2.45, 2.75) is 29.5 Å². The Hall–Kier alpha value is -3.05. The van der Waals surface area contributed by atoms with Crippen LogP contribution in [0.15, 0.2) is 56.1 Å². The summed E-state index contributed by atoms with van der Waals surface area (Å²) >= 11 is 5.37. The fourth-order valence-corrected chi connectivity index (χ4v) is 7.03. The molecule has 34 heavy (non-hydrogen) atoms. The molecule has 0 fully saturated rings. The average Bonchev–Trinajstić information content (AvgIpc) is 3.60. The number of nitrogens with one attached hydrogen (secondary N) is 1. The molecule has 0 saturated heterocycles. The van der Waals surface area contributed by atoms with Gasteiger partial charge in [0.05, 0.1) is 23.3 Å². The number of thioether (sulfide) groups is 1.